The Morgan fingerprint density at radius 2 is 1.95 bits per heavy atom. The lowest BCUT2D eigenvalue weighted by Gasteiger charge is -2.10. The first kappa shape index (κ1) is 15.0. The second-order valence-electron chi connectivity index (χ2n) is 5.25. The Kier molecular flexibility index (Phi) is 5.32. The van der Waals surface area contributed by atoms with Crippen LogP contribution in [0.3, 0.4) is 0 Å². The second-order valence-corrected chi connectivity index (χ2v) is 5.25. The van der Waals surface area contributed by atoms with E-state index in [2.05, 4.69) is 24.1 Å². The van der Waals surface area contributed by atoms with Crippen molar-refractivity contribution in [3.8, 4) is 16.9 Å². The van der Waals surface area contributed by atoms with Gasteiger partial charge in [0.05, 0.1) is 0 Å². The van der Waals surface area contributed by atoms with Crippen molar-refractivity contribution in [2.75, 3.05) is 13.2 Å². The van der Waals surface area contributed by atoms with Crippen LogP contribution in [0, 0.1) is 5.92 Å². The van der Waals surface area contributed by atoms with Gasteiger partial charge < -0.3 is 10.1 Å². The third-order valence-corrected chi connectivity index (χ3v) is 2.93. The molecule has 110 valence electrons. The van der Waals surface area contributed by atoms with Crippen molar-refractivity contribution in [3.05, 3.63) is 48.8 Å². The normalized spacial score (nSPS) is 10.4. The molecule has 0 atom stereocenters. The van der Waals surface area contributed by atoms with Crippen molar-refractivity contribution < 1.29 is 9.53 Å². The summed E-state index contributed by atoms with van der Waals surface area (Å²) in [7, 11) is 0. The minimum absolute atomic E-state index is 0.0342. The summed E-state index contributed by atoms with van der Waals surface area (Å²) in [5.41, 5.74) is 2.11. The number of aromatic nitrogens is 1. The largest absolute Gasteiger partial charge is 0.484 e. The summed E-state index contributed by atoms with van der Waals surface area (Å²) in [4.78, 5) is 15.6. The average Bonchev–Trinajstić information content (AvgIpc) is 2.52. The van der Waals surface area contributed by atoms with Crippen LogP contribution in [0.4, 0.5) is 0 Å². The number of ether oxygens (including phenoxy) is 1. The molecule has 2 rings (SSSR count). The van der Waals surface area contributed by atoms with E-state index in [-0.39, 0.29) is 12.5 Å². The molecule has 0 aliphatic heterocycles. The summed E-state index contributed by atoms with van der Waals surface area (Å²) in [6.45, 7) is 4.81. The molecule has 2 aromatic rings. The standard InChI is InChI=1S/C17H20N2O2/c1-13(2)11-19-17(20)12-21-16-5-3-4-15(10-16)14-6-8-18-9-7-14/h3-10,13H,11-12H2,1-2H3,(H,19,20). The quantitative estimate of drug-likeness (QED) is 0.887. The summed E-state index contributed by atoms with van der Waals surface area (Å²) in [5.74, 6) is 1.02. The first-order valence-electron chi connectivity index (χ1n) is 7.05. The Hall–Kier alpha value is -2.36. The molecule has 21 heavy (non-hydrogen) atoms. The van der Waals surface area contributed by atoms with Crippen molar-refractivity contribution in [2.45, 2.75) is 13.8 Å². The molecule has 0 bridgehead atoms. The summed E-state index contributed by atoms with van der Waals surface area (Å²) in [6, 6.07) is 11.6. The average molecular weight is 284 g/mol. The van der Waals surface area contributed by atoms with Gasteiger partial charge in [0.25, 0.3) is 5.91 Å². The van der Waals surface area contributed by atoms with E-state index >= 15 is 0 Å². The lowest BCUT2D eigenvalue weighted by molar-refractivity contribution is -0.123. The van der Waals surface area contributed by atoms with Gasteiger partial charge in [-0.2, -0.15) is 0 Å². The molecule has 1 heterocycles. The minimum atomic E-state index is -0.0991. The van der Waals surface area contributed by atoms with Crippen LogP contribution in [0.2, 0.25) is 0 Å². The summed E-state index contributed by atoms with van der Waals surface area (Å²) in [6.07, 6.45) is 3.50. The van der Waals surface area contributed by atoms with Gasteiger partial charge in [0.1, 0.15) is 5.75 Å². The van der Waals surface area contributed by atoms with E-state index in [1.54, 1.807) is 12.4 Å². The maximum absolute atomic E-state index is 11.6. The van der Waals surface area contributed by atoms with E-state index in [0.717, 1.165) is 11.1 Å². The van der Waals surface area contributed by atoms with E-state index in [1.165, 1.54) is 0 Å². The molecular weight excluding hydrogens is 264 g/mol. The fourth-order valence-corrected chi connectivity index (χ4v) is 1.83. The molecule has 4 nitrogen and oxygen atoms in total. The zero-order chi connectivity index (χ0) is 15.1. The number of carbonyl (C=O) groups excluding carboxylic acids is 1. The number of pyridine rings is 1. The number of nitrogens with zero attached hydrogens (tertiary/aromatic N) is 1. The Morgan fingerprint density at radius 1 is 1.19 bits per heavy atom. The van der Waals surface area contributed by atoms with Crippen LogP contribution in [-0.4, -0.2) is 24.0 Å². The van der Waals surface area contributed by atoms with Crippen LogP contribution in [0.25, 0.3) is 11.1 Å². The maximum atomic E-state index is 11.6. The smallest absolute Gasteiger partial charge is 0.257 e. The van der Waals surface area contributed by atoms with Crippen LogP contribution in [0.5, 0.6) is 5.75 Å². The molecule has 0 radical (unpaired) electrons. The van der Waals surface area contributed by atoms with E-state index < -0.39 is 0 Å². The van der Waals surface area contributed by atoms with Gasteiger partial charge in [-0.25, -0.2) is 0 Å². The molecule has 4 heteroatoms. The van der Waals surface area contributed by atoms with Gasteiger partial charge in [-0.15, -0.1) is 0 Å². The molecule has 1 amide bonds. The van der Waals surface area contributed by atoms with Crippen LogP contribution in [0.15, 0.2) is 48.8 Å². The third kappa shape index (κ3) is 4.91. The zero-order valence-electron chi connectivity index (χ0n) is 12.4. The van der Waals surface area contributed by atoms with Gasteiger partial charge in [0.15, 0.2) is 6.61 Å². The van der Waals surface area contributed by atoms with E-state index in [4.69, 9.17) is 4.74 Å². The first-order valence-corrected chi connectivity index (χ1v) is 7.05. The third-order valence-electron chi connectivity index (χ3n) is 2.93. The molecule has 0 aliphatic rings. The Bertz CT molecular complexity index is 582. The fraction of sp³-hybridized carbons (Fsp3) is 0.294. The van der Waals surface area contributed by atoms with E-state index in [1.807, 2.05) is 36.4 Å². The molecule has 1 N–H and O–H groups in total. The Morgan fingerprint density at radius 3 is 2.67 bits per heavy atom. The van der Waals surface area contributed by atoms with Gasteiger partial charge in [-0.1, -0.05) is 26.0 Å². The molecule has 0 saturated carbocycles. The number of hydrogen-bond acceptors (Lipinski definition) is 3. The van der Waals surface area contributed by atoms with Crippen molar-refractivity contribution in [1.82, 2.24) is 10.3 Å². The molecule has 0 unspecified atom stereocenters. The van der Waals surface area contributed by atoms with Gasteiger partial charge in [0, 0.05) is 18.9 Å². The predicted octanol–water partition coefficient (Wildman–Crippen LogP) is 2.90. The summed E-state index contributed by atoms with van der Waals surface area (Å²) >= 11 is 0. The van der Waals surface area contributed by atoms with Crippen LogP contribution < -0.4 is 10.1 Å². The van der Waals surface area contributed by atoms with Gasteiger partial charge in [-0.05, 0) is 41.3 Å². The minimum Gasteiger partial charge on any atom is -0.484 e. The molecule has 0 saturated heterocycles. The lowest BCUT2D eigenvalue weighted by atomic mass is 10.1. The number of hydrogen-bond donors (Lipinski definition) is 1. The highest BCUT2D eigenvalue weighted by atomic mass is 16.5. The van der Waals surface area contributed by atoms with Gasteiger partial charge in [0.2, 0.25) is 0 Å². The highest BCUT2D eigenvalue weighted by Crippen LogP contribution is 2.23. The van der Waals surface area contributed by atoms with Gasteiger partial charge in [-0.3, -0.25) is 9.78 Å². The first-order chi connectivity index (χ1) is 10.1. The van der Waals surface area contributed by atoms with E-state index in [9.17, 15) is 4.79 Å². The van der Waals surface area contributed by atoms with Crippen molar-refractivity contribution in [2.24, 2.45) is 5.92 Å². The van der Waals surface area contributed by atoms with Crippen molar-refractivity contribution in [3.63, 3.8) is 0 Å². The maximum Gasteiger partial charge on any atom is 0.257 e. The number of rotatable bonds is 6. The molecule has 0 spiro atoms. The Balaban J connectivity index is 1.94. The monoisotopic (exact) mass is 284 g/mol. The fourth-order valence-electron chi connectivity index (χ4n) is 1.83. The molecule has 1 aromatic carbocycles. The highest BCUT2D eigenvalue weighted by Gasteiger charge is 2.04. The molecule has 1 aromatic heterocycles. The lowest BCUT2D eigenvalue weighted by Crippen LogP contribution is -2.31. The predicted molar refractivity (Wildman–Crippen MR) is 83.0 cm³/mol. The second kappa shape index (κ2) is 7.43. The SMILES string of the molecule is CC(C)CNC(=O)COc1cccc(-c2ccncc2)c1. The number of amides is 1. The molecule has 0 fully saturated rings. The number of carbonyl (C=O) groups is 1. The molecule has 0 aliphatic carbocycles. The van der Waals surface area contributed by atoms with E-state index in [0.29, 0.717) is 18.2 Å². The highest BCUT2D eigenvalue weighted by molar-refractivity contribution is 5.77. The topological polar surface area (TPSA) is 51.2 Å². The summed E-state index contributed by atoms with van der Waals surface area (Å²) in [5, 5.41) is 2.83. The summed E-state index contributed by atoms with van der Waals surface area (Å²) < 4.78 is 5.53. The number of benzene rings is 1. The van der Waals surface area contributed by atoms with Crippen LogP contribution in [-0.2, 0) is 4.79 Å². The molecular formula is C17H20N2O2. The van der Waals surface area contributed by atoms with Gasteiger partial charge >= 0.3 is 0 Å². The Labute approximate surface area is 125 Å². The van der Waals surface area contributed by atoms with Crippen LogP contribution in [0.1, 0.15) is 13.8 Å². The zero-order valence-corrected chi connectivity index (χ0v) is 12.4. The van der Waals surface area contributed by atoms with Crippen LogP contribution >= 0.6 is 0 Å². The number of nitrogens with one attached hydrogen (secondary N) is 1. The van der Waals surface area contributed by atoms with Crippen molar-refractivity contribution >= 4 is 5.91 Å². The van der Waals surface area contributed by atoms with Crippen molar-refractivity contribution in [1.29, 1.82) is 0 Å².